The monoisotopic (exact) mass is 191 g/mol. The Labute approximate surface area is 87.8 Å². The number of pyridine rings is 1. The predicted octanol–water partition coefficient (Wildman–Crippen LogP) is 4.53. The lowest BCUT2D eigenvalue weighted by molar-refractivity contribution is 1.41. The molecule has 0 radical (unpaired) electrons. The van der Waals surface area contributed by atoms with Crippen molar-refractivity contribution in [1.29, 1.82) is 0 Å². The molecule has 14 heavy (non-hydrogen) atoms. The lowest BCUT2D eigenvalue weighted by atomic mass is 10.2. The minimum Gasteiger partial charge on any atom is -0.256 e. The van der Waals surface area contributed by atoms with Gasteiger partial charge in [0, 0.05) is 11.6 Å². The minimum absolute atomic E-state index is 0. The second-order valence-corrected chi connectivity index (χ2v) is 2.20. The Morgan fingerprint density at radius 3 is 2.07 bits per heavy atom. The van der Waals surface area contributed by atoms with Crippen LogP contribution in [-0.4, -0.2) is 4.98 Å². The van der Waals surface area contributed by atoms with Gasteiger partial charge in [-0.25, -0.2) is 0 Å². The molecule has 0 unspecified atom stereocenters. The number of para-hydroxylation sites is 1. The van der Waals surface area contributed by atoms with Gasteiger partial charge in [0.05, 0.1) is 5.52 Å². The zero-order chi connectivity index (χ0) is 8.81. The molecule has 1 heterocycles. The molecule has 0 fully saturated rings. The standard InChI is InChI=1S/C9H7N.C2H6.2CH4/c1-2-6-9-8(4-1)5-3-7-10-9;1-2;;/h1-7H;1-2H3;2*1H4. The van der Waals surface area contributed by atoms with Gasteiger partial charge in [0.1, 0.15) is 0 Å². The van der Waals surface area contributed by atoms with E-state index in [1.165, 1.54) is 5.39 Å². The average Bonchev–Trinajstić information content (AvgIpc) is 2.21. The molecule has 78 valence electrons. The molecule has 0 saturated heterocycles. The van der Waals surface area contributed by atoms with Crippen molar-refractivity contribution in [3.05, 3.63) is 42.6 Å². The lowest BCUT2D eigenvalue weighted by Gasteiger charge is -1.91. The summed E-state index contributed by atoms with van der Waals surface area (Å²) < 4.78 is 0. The fourth-order valence-corrected chi connectivity index (χ4v) is 1.02. The molecule has 0 aliphatic rings. The molecule has 1 nitrogen and oxygen atoms in total. The van der Waals surface area contributed by atoms with E-state index < -0.39 is 0 Å². The summed E-state index contributed by atoms with van der Waals surface area (Å²) in [6.07, 6.45) is 1.81. The molecule has 0 amide bonds. The number of nitrogens with zero attached hydrogens (tertiary/aromatic N) is 1. The van der Waals surface area contributed by atoms with E-state index in [9.17, 15) is 0 Å². The van der Waals surface area contributed by atoms with Gasteiger partial charge < -0.3 is 0 Å². The number of hydrogen-bond acceptors (Lipinski definition) is 1. The van der Waals surface area contributed by atoms with Crippen LogP contribution in [0.15, 0.2) is 42.6 Å². The van der Waals surface area contributed by atoms with Gasteiger partial charge in [0.2, 0.25) is 0 Å². The molecule has 0 aliphatic heterocycles. The van der Waals surface area contributed by atoms with Crippen molar-refractivity contribution in [1.82, 2.24) is 4.98 Å². The summed E-state index contributed by atoms with van der Waals surface area (Å²) in [5, 5.41) is 1.20. The summed E-state index contributed by atoms with van der Waals surface area (Å²) in [4.78, 5) is 4.18. The quantitative estimate of drug-likeness (QED) is 0.596. The highest BCUT2D eigenvalue weighted by Crippen LogP contribution is 2.07. The Kier molecular flexibility index (Phi) is 8.90. The van der Waals surface area contributed by atoms with Gasteiger partial charge in [-0.05, 0) is 12.1 Å². The van der Waals surface area contributed by atoms with Crippen LogP contribution >= 0.6 is 0 Å². The third-order valence-corrected chi connectivity index (χ3v) is 1.51. The summed E-state index contributed by atoms with van der Waals surface area (Å²) in [5.41, 5.74) is 1.06. The van der Waals surface area contributed by atoms with E-state index in [4.69, 9.17) is 0 Å². The van der Waals surface area contributed by atoms with Crippen LogP contribution in [0.25, 0.3) is 10.9 Å². The maximum absolute atomic E-state index is 4.18. The molecule has 0 atom stereocenters. The van der Waals surface area contributed by atoms with Gasteiger partial charge in [-0.1, -0.05) is 53.0 Å². The smallest absolute Gasteiger partial charge is 0.0701 e. The number of aromatic nitrogens is 1. The third-order valence-electron chi connectivity index (χ3n) is 1.51. The van der Waals surface area contributed by atoms with Crippen LogP contribution in [0.5, 0.6) is 0 Å². The Morgan fingerprint density at radius 2 is 1.43 bits per heavy atom. The van der Waals surface area contributed by atoms with E-state index in [2.05, 4.69) is 17.1 Å². The molecule has 0 saturated carbocycles. The van der Waals surface area contributed by atoms with E-state index in [0.717, 1.165) is 5.52 Å². The second-order valence-electron chi connectivity index (χ2n) is 2.20. The molecule has 1 heteroatoms. The summed E-state index contributed by atoms with van der Waals surface area (Å²) in [6.45, 7) is 4.00. The van der Waals surface area contributed by atoms with E-state index >= 15 is 0 Å². The van der Waals surface area contributed by atoms with Crippen LogP contribution in [0.3, 0.4) is 0 Å². The van der Waals surface area contributed by atoms with Crippen molar-refractivity contribution < 1.29 is 0 Å². The molecule has 2 aromatic rings. The highest BCUT2D eigenvalue weighted by molar-refractivity contribution is 5.77. The summed E-state index contributed by atoms with van der Waals surface area (Å²) in [5.74, 6) is 0. The molecular formula is C13H21N. The number of benzene rings is 1. The van der Waals surface area contributed by atoms with Crippen molar-refractivity contribution in [2.45, 2.75) is 28.7 Å². The predicted molar refractivity (Wildman–Crippen MR) is 66.6 cm³/mol. The van der Waals surface area contributed by atoms with Crippen LogP contribution in [0, 0.1) is 0 Å². The number of rotatable bonds is 0. The average molecular weight is 191 g/mol. The first-order chi connectivity index (χ1) is 5.97. The first-order valence-corrected chi connectivity index (χ1v) is 4.26. The second kappa shape index (κ2) is 8.24. The zero-order valence-corrected chi connectivity index (χ0v) is 7.49. The maximum atomic E-state index is 4.18. The van der Waals surface area contributed by atoms with Crippen molar-refractivity contribution >= 4 is 10.9 Å². The normalized spacial score (nSPS) is 7.57. The number of fused-ring (bicyclic) bond motifs is 1. The molecule has 0 spiro atoms. The van der Waals surface area contributed by atoms with Crippen molar-refractivity contribution in [3.8, 4) is 0 Å². The SMILES string of the molecule is C.C.CC.c1ccc2ncccc2c1. The lowest BCUT2D eigenvalue weighted by Crippen LogP contribution is -1.73. The molecule has 0 N–H and O–H groups in total. The highest BCUT2D eigenvalue weighted by Gasteiger charge is 1.86. The molecule has 1 aromatic carbocycles. The summed E-state index contributed by atoms with van der Waals surface area (Å²) >= 11 is 0. The highest BCUT2D eigenvalue weighted by atomic mass is 14.6. The van der Waals surface area contributed by atoms with Crippen molar-refractivity contribution in [2.24, 2.45) is 0 Å². The van der Waals surface area contributed by atoms with E-state index in [-0.39, 0.29) is 14.9 Å². The summed E-state index contributed by atoms with van der Waals surface area (Å²) in [7, 11) is 0. The summed E-state index contributed by atoms with van der Waals surface area (Å²) in [6, 6.07) is 12.1. The Bertz CT molecular complexity index is 276. The van der Waals surface area contributed by atoms with Gasteiger partial charge in [0.25, 0.3) is 0 Å². The first kappa shape index (κ1) is 15.1. The molecule has 2 rings (SSSR count). The van der Waals surface area contributed by atoms with E-state index in [1.54, 1.807) is 0 Å². The van der Waals surface area contributed by atoms with Crippen LogP contribution in [0.2, 0.25) is 0 Å². The Hall–Kier alpha value is -1.37. The fourth-order valence-electron chi connectivity index (χ4n) is 1.02. The van der Waals surface area contributed by atoms with Gasteiger partial charge in [0.15, 0.2) is 0 Å². The Morgan fingerprint density at radius 1 is 0.857 bits per heavy atom. The molecule has 0 aliphatic carbocycles. The molecule has 1 aromatic heterocycles. The van der Waals surface area contributed by atoms with Gasteiger partial charge in [-0.15, -0.1) is 0 Å². The zero-order valence-electron chi connectivity index (χ0n) is 7.49. The molecule has 0 bridgehead atoms. The minimum atomic E-state index is 0. The van der Waals surface area contributed by atoms with Gasteiger partial charge in [-0.2, -0.15) is 0 Å². The fraction of sp³-hybridized carbons (Fsp3) is 0.308. The van der Waals surface area contributed by atoms with Crippen LogP contribution < -0.4 is 0 Å². The van der Waals surface area contributed by atoms with Gasteiger partial charge in [-0.3, -0.25) is 4.98 Å². The number of hydrogen-bond donors (Lipinski definition) is 0. The van der Waals surface area contributed by atoms with Crippen molar-refractivity contribution in [3.63, 3.8) is 0 Å². The van der Waals surface area contributed by atoms with Crippen LogP contribution in [-0.2, 0) is 0 Å². The third kappa shape index (κ3) is 3.56. The maximum Gasteiger partial charge on any atom is 0.0701 e. The molecular weight excluding hydrogens is 170 g/mol. The van der Waals surface area contributed by atoms with E-state index in [0.29, 0.717) is 0 Å². The topological polar surface area (TPSA) is 12.9 Å². The largest absolute Gasteiger partial charge is 0.256 e. The van der Waals surface area contributed by atoms with E-state index in [1.807, 2.05) is 44.3 Å². The Balaban J connectivity index is 0. The van der Waals surface area contributed by atoms with Gasteiger partial charge >= 0.3 is 0 Å². The first-order valence-electron chi connectivity index (χ1n) is 4.26. The van der Waals surface area contributed by atoms with Crippen LogP contribution in [0.4, 0.5) is 0 Å². The van der Waals surface area contributed by atoms with Crippen LogP contribution in [0.1, 0.15) is 28.7 Å². The van der Waals surface area contributed by atoms with Crippen molar-refractivity contribution in [2.75, 3.05) is 0 Å².